The first-order chi connectivity index (χ1) is 9.88. The van der Waals surface area contributed by atoms with Crippen molar-refractivity contribution >= 4 is 37.6 Å². The van der Waals surface area contributed by atoms with Crippen LogP contribution in [0.25, 0.3) is 0 Å². The van der Waals surface area contributed by atoms with Gasteiger partial charge in [0.05, 0.1) is 12.7 Å². The van der Waals surface area contributed by atoms with E-state index in [0.717, 1.165) is 25.6 Å². The van der Waals surface area contributed by atoms with E-state index in [9.17, 15) is 4.79 Å². The molecule has 0 aliphatic carbocycles. The molecule has 0 aliphatic heterocycles. The topological polar surface area (TPSA) is 26.3 Å². The van der Waals surface area contributed by atoms with Crippen molar-refractivity contribution in [3.05, 3.63) is 61.0 Å². The summed E-state index contributed by atoms with van der Waals surface area (Å²) in [7, 11) is 1.60. The maximum atomic E-state index is 13.0. The van der Waals surface area contributed by atoms with Crippen molar-refractivity contribution in [1.29, 1.82) is 0 Å². The molecule has 0 amide bonds. The Bertz CT molecular complexity index is 721. The molecular formula is C17H16Br2O2. The van der Waals surface area contributed by atoms with Crippen LogP contribution in [-0.2, 0) is 0 Å². The Hall–Kier alpha value is -1.13. The van der Waals surface area contributed by atoms with Gasteiger partial charge in [0.1, 0.15) is 5.75 Å². The Morgan fingerprint density at radius 2 is 1.71 bits per heavy atom. The second kappa shape index (κ2) is 6.32. The van der Waals surface area contributed by atoms with Crippen LogP contribution in [0.2, 0.25) is 0 Å². The fourth-order valence-corrected chi connectivity index (χ4v) is 3.28. The molecule has 0 aliphatic rings. The SMILES string of the molecule is COc1c(C)cc(Br)c(C)c1C(=O)c1cccc(Br)c1C. The number of hydrogen-bond acceptors (Lipinski definition) is 2. The molecule has 2 aromatic carbocycles. The number of ether oxygens (including phenoxy) is 1. The first-order valence-electron chi connectivity index (χ1n) is 6.52. The Labute approximate surface area is 141 Å². The fraction of sp³-hybridized carbons (Fsp3) is 0.235. The molecule has 0 N–H and O–H groups in total. The number of hydrogen-bond donors (Lipinski definition) is 0. The maximum Gasteiger partial charge on any atom is 0.197 e. The smallest absolute Gasteiger partial charge is 0.197 e. The summed E-state index contributed by atoms with van der Waals surface area (Å²) < 4.78 is 7.31. The first-order valence-corrected chi connectivity index (χ1v) is 8.10. The summed E-state index contributed by atoms with van der Waals surface area (Å²) in [4.78, 5) is 13.0. The molecule has 4 heteroatoms. The van der Waals surface area contributed by atoms with E-state index < -0.39 is 0 Å². The van der Waals surface area contributed by atoms with Gasteiger partial charge in [0.15, 0.2) is 5.78 Å². The van der Waals surface area contributed by atoms with E-state index >= 15 is 0 Å². The number of methoxy groups -OCH3 is 1. The van der Waals surface area contributed by atoms with Gasteiger partial charge in [0.2, 0.25) is 0 Å². The molecule has 2 nitrogen and oxygen atoms in total. The lowest BCUT2D eigenvalue weighted by atomic mass is 9.93. The Morgan fingerprint density at radius 1 is 1.05 bits per heavy atom. The van der Waals surface area contributed by atoms with Crippen molar-refractivity contribution in [2.45, 2.75) is 20.8 Å². The van der Waals surface area contributed by atoms with E-state index in [0.29, 0.717) is 16.9 Å². The lowest BCUT2D eigenvalue weighted by Gasteiger charge is -2.16. The zero-order valence-electron chi connectivity index (χ0n) is 12.4. The Balaban J connectivity index is 2.72. The number of rotatable bonds is 3. The molecule has 2 rings (SSSR count). The number of ketones is 1. The monoisotopic (exact) mass is 410 g/mol. The third kappa shape index (κ3) is 2.92. The summed E-state index contributed by atoms with van der Waals surface area (Å²) in [5, 5.41) is 0. The van der Waals surface area contributed by atoms with Crippen LogP contribution in [0.5, 0.6) is 5.75 Å². The average molecular weight is 412 g/mol. The molecule has 0 radical (unpaired) electrons. The number of aryl methyl sites for hydroxylation is 1. The largest absolute Gasteiger partial charge is 0.496 e. The highest BCUT2D eigenvalue weighted by molar-refractivity contribution is 9.10. The minimum absolute atomic E-state index is 0.0208. The average Bonchev–Trinajstić information content (AvgIpc) is 2.44. The summed E-state index contributed by atoms with van der Waals surface area (Å²) in [6, 6.07) is 7.62. The lowest BCUT2D eigenvalue weighted by Crippen LogP contribution is -2.10. The van der Waals surface area contributed by atoms with Crippen molar-refractivity contribution in [1.82, 2.24) is 0 Å². The predicted molar refractivity (Wildman–Crippen MR) is 92.5 cm³/mol. The van der Waals surface area contributed by atoms with Crippen molar-refractivity contribution in [3.8, 4) is 5.75 Å². The van der Waals surface area contributed by atoms with Gasteiger partial charge in [-0.15, -0.1) is 0 Å². The van der Waals surface area contributed by atoms with Crippen molar-refractivity contribution in [2.24, 2.45) is 0 Å². The van der Waals surface area contributed by atoms with Crippen LogP contribution in [-0.4, -0.2) is 12.9 Å². The van der Waals surface area contributed by atoms with Crippen LogP contribution in [0.15, 0.2) is 33.2 Å². The third-order valence-electron chi connectivity index (χ3n) is 3.61. The van der Waals surface area contributed by atoms with Gasteiger partial charge in [-0.05, 0) is 49.6 Å². The molecule has 0 aromatic heterocycles. The molecule has 2 aromatic rings. The number of halogens is 2. The summed E-state index contributed by atoms with van der Waals surface area (Å²) in [6.07, 6.45) is 0. The van der Waals surface area contributed by atoms with Crippen molar-refractivity contribution in [3.63, 3.8) is 0 Å². The molecular weight excluding hydrogens is 396 g/mol. The van der Waals surface area contributed by atoms with Gasteiger partial charge in [0.25, 0.3) is 0 Å². The standard InChI is InChI=1S/C17H16Br2O2/c1-9-8-14(19)11(3)15(17(9)21-4)16(20)12-6-5-7-13(18)10(12)2/h5-8H,1-4H3. The lowest BCUT2D eigenvalue weighted by molar-refractivity contribution is 0.103. The fourth-order valence-electron chi connectivity index (χ4n) is 2.38. The van der Waals surface area contributed by atoms with E-state index in [-0.39, 0.29) is 5.78 Å². The van der Waals surface area contributed by atoms with Crippen LogP contribution >= 0.6 is 31.9 Å². The molecule has 21 heavy (non-hydrogen) atoms. The summed E-state index contributed by atoms with van der Waals surface area (Å²) in [5.74, 6) is 0.618. The summed E-state index contributed by atoms with van der Waals surface area (Å²) in [5.41, 5.74) is 4.06. The second-order valence-electron chi connectivity index (χ2n) is 4.95. The predicted octanol–water partition coefficient (Wildman–Crippen LogP) is 5.38. The normalized spacial score (nSPS) is 10.6. The van der Waals surface area contributed by atoms with Gasteiger partial charge in [-0.25, -0.2) is 0 Å². The van der Waals surface area contributed by atoms with Gasteiger partial charge in [-0.1, -0.05) is 44.0 Å². The first kappa shape index (κ1) is 16.2. The molecule has 0 spiro atoms. The highest BCUT2D eigenvalue weighted by Crippen LogP contribution is 2.35. The van der Waals surface area contributed by atoms with E-state index in [1.807, 2.05) is 45.0 Å². The molecule has 0 atom stereocenters. The van der Waals surface area contributed by atoms with E-state index in [1.54, 1.807) is 7.11 Å². The van der Waals surface area contributed by atoms with Crippen LogP contribution in [0, 0.1) is 20.8 Å². The van der Waals surface area contributed by atoms with Gasteiger partial charge >= 0.3 is 0 Å². The molecule has 0 saturated heterocycles. The number of carbonyl (C=O) groups excluding carboxylic acids is 1. The quantitative estimate of drug-likeness (QED) is 0.634. The van der Waals surface area contributed by atoms with Gasteiger partial charge in [0, 0.05) is 14.5 Å². The van der Waals surface area contributed by atoms with E-state index in [4.69, 9.17) is 4.74 Å². The molecule has 0 unspecified atom stereocenters. The molecule has 0 saturated carbocycles. The molecule has 0 fully saturated rings. The third-order valence-corrected chi connectivity index (χ3v) is 5.29. The van der Waals surface area contributed by atoms with Crippen molar-refractivity contribution in [2.75, 3.05) is 7.11 Å². The van der Waals surface area contributed by atoms with Gasteiger partial charge < -0.3 is 4.74 Å². The van der Waals surface area contributed by atoms with Gasteiger partial charge in [-0.2, -0.15) is 0 Å². The second-order valence-corrected chi connectivity index (χ2v) is 6.66. The Kier molecular flexibility index (Phi) is 4.89. The minimum atomic E-state index is -0.0208. The van der Waals surface area contributed by atoms with Crippen LogP contribution in [0.1, 0.15) is 32.6 Å². The highest BCUT2D eigenvalue weighted by Gasteiger charge is 2.22. The molecule has 110 valence electrons. The van der Waals surface area contributed by atoms with Gasteiger partial charge in [-0.3, -0.25) is 4.79 Å². The highest BCUT2D eigenvalue weighted by atomic mass is 79.9. The van der Waals surface area contributed by atoms with Crippen LogP contribution in [0.3, 0.4) is 0 Å². The van der Waals surface area contributed by atoms with E-state index in [2.05, 4.69) is 31.9 Å². The van der Waals surface area contributed by atoms with E-state index in [1.165, 1.54) is 0 Å². The summed E-state index contributed by atoms with van der Waals surface area (Å²) >= 11 is 6.99. The number of benzene rings is 2. The maximum absolute atomic E-state index is 13.0. The summed E-state index contributed by atoms with van der Waals surface area (Å²) in [6.45, 7) is 5.80. The number of carbonyl (C=O) groups is 1. The Morgan fingerprint density at radius 3 is 2.33 bits per heavy atom. The molecule has 0 bridgehead atoms. The minimum Gasteiger partial charge on any atom is -0.496 e. The zero-order valence-corrected chi connectivity index (χ0v) is 15.6. The van der Waals surface area contributed by atoms with Crippen LogP contribution < -0.4 is 4.74 Å². The van der Waals surface area contributed by atoms with Crippen LogP contribution in [0.4, 0.5) is 0 Å². The van der Waals surface area contributed by atoms with Crippen molar-refractivity contribution < 1.29 is 9.53 Å². The zero-order chi connectivity index (χ0) is 15.7. The molecule has 0 heterocycles.